The van der Waals surface area contributed by atoms with Crippen LogP contribution in [0.3, 0.4) is 0 Å². The molecule has 124 valence electrons. The summed E-state index contributed by atoms with van der Waals surface area (Å²) in [6.07, 6.45) is 1.17. The van der Waals surface area contributed by atoms with Gasteiger partial charge in [0.25, 0.3) is 5.91 Å². The number of hydrogen-bond acceptors (Lipinski definition) is 5. The van der Waals surface area contributed by atoms with E-state index in [-0.39, 0.29) is 17.1 Å². The Kier molecular flexibility index (Phi) is 4.91. The molecule has 0 saturated heterocycles. The van der Waals surface area contributed by atoms with Gasteiger partial charge in [-0.2, -0.15) is 0 Å². The lowest BCUT2D eigenvalue weighted by Gasteiger charge is -2.14. The van der Waals surface area contributed by atoms with Gasteiger partial charge in [0.2, 0.25) is 0 Å². The largest absolute Gasteiger partial charge is 0.298 e. The van der Waals surface area contributed by atoms with Crippen LogP contribution in [0.15, 0.2) is 29.6 Å². The number of aromatic nitrogens is 1. The first-order valence-electron chi connectivity index (χ1n) is 7.09. The van der Waals surface area contributed by atoms with Crippen molar-refractivity contribution in [3.8, 4) is 0 Å². The number of hydrogen-bond donors (Lipinski definition) is 1. The molecule has 1 N–H and O–H groups in total. The van der Waals surface area contributed by atoms with E-state index in [0.29, 0.717) is 16.3 Å². The predicted molar refractivity (Wildman–Crippen MR) is 93.8 cm³/mol. The zero-order valence-electron chi connectivity index (χ0n) is 13.6. The number of nitrogens with zero attached hydrogens (tertiary/aromatic N) is 1. The van der Waals surface area contributed by atoms with Crippen LogP contribution in [0, 0.1) is 0 Å². The molecule has 0 spiro atoms. The van der Waals surface area contributed by atoms with Gasteiger partial charge in [0.05, 0.1) is 11.4 Å². The summed E-state index contributed by atoms with van der Waals surface area (Å²) in [5.74, 6) is -0.380. The molecule has 0 aliphatic heterocycles. The van der Waals surface area contributed by atoms with Crippen molar-refractivity contribution in [3.05, 3.63) is 46.5 Å². The van der Waals surface area contributed by atoms with E-state index < -0.39 is 9.84 Å². The smallest absolute Gasteiger partial charge is 0.257 e. The minimum Gasteiger partial charge on any atom is -0.298 e. The summed E-state index contributed by atoms with van der Waals surface area (Å²) < 4.78 is 22.7. The minimum absolute atomic E-state index is 0.0745. The summed E-state index contributed by atoms with van der Waals surface area (Å²) in [4.78, 5) is 16.7. The highest BCUT2D eigenvalue weighted by Crippen LogP contribution is 2.26. The number of thiazole rings is 1. The van der Waals surface area contributed by atoms with Crippen molar-refractivity contribution in [2.75, 3.05) is 11.6 Å². The van der Waals surface area contributed by atoms with Crippen LogP contribution in [0.1, 0.15) is 42.4 Å². The Morgan fingerprint density at radius 1 is 1.30 bits per heavy atom. The normalized spacial score (nSPS) is 12.2. The minimum atomic E-state index is -3.13. The summed E-state index contributed by atoms with van der Waals surface area (Å²) in [5.41, 5.74) is 1.85. The Hall–Kier alpha value is -1.73. The molecule has 2 rings (SSSR count). The highest BCUT2D eigenvalue weighted by molar-refractivity contribution is 7.89. The fourth-order valence-corrected chi connectivity index (χ4v) is 3.67. The Morgan fingerprint density at radius 3 is 2.57 bits per heavy atom. The van der Waals surface area contributed by atoms with Crippen LogP contribution in [0.2, 0.25) is 0 Å². The van der Waals surface area contributed by atoms with E-state index in [9.17, 15) is 13.2 Å². The molecule has 1 aromatic heterocycles. The molecule has 0 aliphatic rings. The number of anilines is 1. The van der Waals surface area contributed by atoms with Gasteiger partial charge in [-0.25, -0.2) is 13.4 Å². The molecular formula is C16H20N2O3S2. The van der Waals surface area contributed by atoms with Crippen LogP contribution >= 0.6 is 11.3 Å². The van der Waals surface area contributed by atoms with Crippen molar-refractivity contribution in [2.24, 2.45) is 0 Å². The van der Waals surface area contributed by atoms with E-state index in [1.165, 1.54) is 17.6 Å². The van der Waals surface area contributed by atoms with E-state index in [0.717, 1.165) is 5.69 Å². The van der Waals surface area contributed by atoms with Crippen LogP contribution in [0.4, 0.5) is 5.13 Å². The quantitative estimate of drug-likeness (QED) is 0.916. The fourth-order valence-electron chi connectivity index (χ4n) is 1.95. The van der Waals surface area contributed by atoms with Crippen molar-refractivity contribution >= 4 is 32.2 Å². The first-order valence-corrected chi connectivity index (χ1v) is 10.0. The highest BCUT2D eigenvalue weighted by atomic mass is 32.2. The van der Waals surface area contributed by atoms with E-state index >= 15 is 0 Å². The zero-order chi connectivity index (χ0) is 17.3. The van der Waals surface area contributed by atoms with Crippen molar-refractivity contribution in [3.63, 3.8) is 0 Å². The number of rotatable bonds is 4. The lowest BCUT2D eigenvalue weighted by Crippen LogP contribution is -2.14. The van der Waals surface area contributed by atoms with Gasteiger partial charge in [-0.3, -0.25) is 10.1 Å². The molecule has 2 aromatic rings. The fraction of sp³-hybridized carbons (Fsp3) is 0.375. The second-order valence-corrected chi connectivity index (χ2v) is 9.51. The maximum Gasteiger partial charge on any atom is 0.257 e. The number of sulfone groups is 1. The second kappa shape index (κ2) is 6.41. The standard InChI is InChI=1S/C16H20N2O3S2/c1-16(2,3)13-9-22-15(17-13)18-14(19)12-7-5-6-11(8-12)10-23(4,20)21/h5-9H,10H2,1-4H3,(H,17,18,19). The molecule has 23 heavy (non-hydrogen) atoms. The Bertz CT molecular complexity index is 818. The van der Waals surface area contributed by atoms with Crippen molar-refractivity contribution in [1.82, 2.24) is 4.98 Å². The predicted octanol–water partition coefficient (Wildman–Crippen LogP) is 3.24. The first-order chi connectivity index (χ1) is 10.5. The lowest BCUT2D eigenvalue weighted by atomic mass is 9.93. The Labute approximate surface area is 140 Å². The van der Waals surface area contributed by atoms with Crippen molar-refractivity contribution < 1.29 is 13.2 Å². The molecule has 0 aliphatic carbocycles. The molecule has 0 unspecified atom stereocenters. The van der Waals surface area contributed by atoms with Crippen LogP contribution in [-0.4, -0.2) is 25.6 Å². The van der Waals surface area contributed by atoms with Crippen LogP contribution < -0.4 is 5.32 Å². The van der Waals surface area contributed by atoms with Gasteiger partial charge in [0.1, 0.15) is 0 Å². The van der Waals surface area contributed by atoms with Gasteiger partial charge in [-0.05, 0) is 17.7 Å². The molecule has 0 saturated carbocycles. The molecule has 1 aromatic carbocycles. The van der Waals surface area contributed by atoms with Gasteiger partial charge in [-0.1, -0.05) is 32.9 Å². The number of benzene rings is 1. The summed E-state index contributed by atoms with van der Waals surface area (Å²) in [7, 11) is -3.13. The first kappa shape index (κ1) is 17.6. The molecule has 7 heteroatoms. The maximum absolute atomic E-state index is 12.3. The molecule has 0 fully saturated rings. The molecular weight excluding hydrogens is 332 g/mol. The van der Waals surface area contributed by atoms with E-state index in [4.69, 9.17) is 0 Å². The topological polar surface area (TPSA) is 76.1 Å². The maximum atomic E-state index is 12.3. The summed E-state index contributed by atoms with van der Waals surface area (Å²) in [5, 5.41) is 5.22. The van der Waals surface area contributed by atoms with Crippen LogP contribution in [0.25, 0.3) is 0 Å². The third-order valence-corrected chi connectivity index (χ3v) is 4.73. The van der Waals surface area contributed by atoms with E-state index in [2.05, 4.69) is 31.1 Å². The average Bonchev–Trinajstić information content (AvgIpc) is 2.85. The lowest BCUT2D eigenvalue weighted by molar-refractivity contribution is 0.102. The average molecular weight is 352 g/mol. The molecule has 1 amide bonds. The number of carbonyl (C=O) groups is 1. The van der Waals surface area contributed by atoms with E-state index in [1.807, 2.05) is 5.38 Å². The third-order valence-electron chi connectivity index (χ3n) is 3.11. The molecule has 0 atom stereocenters. The number of amides is 1. The Balaban J connectivity index is 2.15. The summed E-state index contributed by atoms with van der Waals surface area (Å²) >= 11 is 1.37. The van der Waals surface area contributed by atoms with Crippen molar-refractivity contribution in [2.45, 2.75) is 31.9 Å². The van der Waals surface area contributed by atoms with Gasteiger partial charge in [-0.15, -0.1) is 11.3 Å². The van der Waals surface area contributed by atoms with Crippen molar-refractivity contribution in [1.29, 1.82) is 0 Å². The molecule has 0 bridgehead atoms. The molecule has 0 radical (unpaired) electrons. The zero-order valence-corrected chi connectivity index (χ0v) is 15.2. The highest BCUT2D eigenvalue weighted by Gasteiger charge is 2.18. The number of nitrogens with one attached hydrogen (secondary N) is 1. The van der Waals surface area contributed by atoms with E-state index in [1.54, 1.807) is 24.3 Å². The van der Waals surface area contributed by atoms with Gasteiger partial charge < -0.3 is 0 Å². The Morgan fingerprint density at radius 2 is 2.00 bits per heavy atom. The summed E-state index contributed by atoms with van der Waals surface area (Å²) in [6, 6.07) is 6.62. The molecule has 1 heterocycles. The van der Waals surface area contributed by atoms with Gasteiger partial charge >= 0.3 is 0 Å². The van der Waals surface area contributed by atoms with Gasteiger partial charge in [0.15, 0.2) is 15.0 Å². The SMILES string of the molecule is CC(C)(C)c1csc(NC(=O)c2cccc(CS(C)(=O)=O)c2)n1. The van der Waals surface area contributed by atoms with Crippen LogP contribution in [0.5, 0.6) is 0 Å². The van der Waals surface area contributed by atoms with Crippen LogP contribution in [-0.2, 0) is 21.0 Å². The molecule has 5 nitrogen and oxygen atoms in total. The third kappa shape index (κ3) is 5.14. The van der Waals surface area contributed by atoms with Gasteiger partial charge in [0, 0.05) is 22.6 Å². The monoisotopic (exact) mass is 352 g/mol. The second-order valence-electron chi connectivity index (χ2n) is 6.51. The number of carbonyl (C=O) groups excluding carboxylic acids is 1. The summed E-state index contributed by atoms with van der Waals surface area (Å²) in [6.45, 7) is 6.17.